The first-order chi connectivity index (χ1) is 16.0. The van der Waals surface area contributed by atoms with Crippen LogP contribution in [0.4, 0.5) is 10.6 Å². The number of ether oxygens (including phenoxy) is 1. The molecule has 1 saturated carbocycles. The highest BCUT2D eigenvalue weighted by atomic mass is 79.9. The van der Waals surface area contributed by atoms with Crippen molar-refractivity contribution in [3.63, 3.8) is 0 Å². The molecular formula is C24H31BrN4O5. The Morgan fingerprint density at radius 3 is 2.53 bits per heavy atom. The number of carbonyl (C=O) groups is 2. The second-order valence-electron chi connectivity index (χ2n) is 9.67. The number of amides is 2. The predicted molar refractivity (Wildman–Crippen MR) is 118 cm³/mol. The molecule has 34 heavy (non-hydrogen) atoms. The van der Waals surface area contributed by atoms with Gasteiger partial charge in [-0.3, -0.25) is 5.32 Å². The summed E-state index contributed by atoms with van der Waals surface area (Å²) >= 11 is 0. The molecule has 4 aliphatic rings. The smallest absolute Gasteiger partial charge is 0.422 e. The van der Waals surface area contributed by atoms with Crippen LogP contribution in [0.25, 0.3) is 0 Å². The summed E-state index contributed by atoms with van der Waals surface area (Å²) in [7, 11) is 0. The lowest BCUT2D eigenvalue weighted by Crippen LogP contribution is -3.00. The van der Waals surface area contributed by atoms with Crippen molar-refractivity contribution < 1.29 is 45.3 Å². The molecule has 0 spiro atoms. The zero-order valence-corrected chi connectivity index (χ0v) is 20.7. The number of nitrogens with zero attached hydrogens (tertiary/aromatic N) is 3. The van der Waals surface area contributed by atoms with Gasteiger partial charge in [-0.05, 0) is 37.1 Å². The van der Waals surface area contributed by atoms with E-state index >= 15 is 0 Å². The van der Waals surface area contributed by atoms with Crippen LogP contribution in [0.15, 0.2) is 41.1 Å². The van der Waals surface area contributed by atoms with Crippen LogP contribution in [0.1, 0.15) is 50.7 Å². The molecule has 184 valence electrons. The second kappa shape index (κ2) is 10.1. The number of fused-ring (bicyclic) bond motifs is 3. The Bertz CT molecular complexity index is 975. The number of aliphatic hydroxyl groups is 1. The summed E-state index contributed by atoms with van der Waals surface area (Å²) < 4.78 is 11.7. The fraction of sp³-hybridized carbons (Fsp3) is 0.583. The van der Waals surface area contributed by atoms with Crippen LogP contribution in [-0.2, 0) is 15.1 Å². The fourth-order valence-electron chi connectivity index (χ4n) is 5.86. The molecule has 2 atom stereocenters. The van der Waals surface area contributed by atoms with Gasteiger partial charge in [0.2, 0.25) is 5.60 Å². The molecule has 3 saturated heterocycles. The van der Waals surface area contributed by atoms with E-state index in [-0.39, 0.29) is 45.1 Å². The Kier molecular flexibility index (Phi) is 7.39. The minimum absolute atomic E-state index is 0. The Labute approximate surface area is 209 Å². The molecule has 10 heteroatoms. The molecule has 4 fully saturated rings. The van der Waals surface area contributed by atoms with Crippen molar-refractivity contribution in [1.82, 2.24) is 10.2 Å². The van der Waals surface area contributed by atoms with Gasteiger partial charge >= 0.3 is 12.0 Å². The monoisotopic (exact) mass is 534 g/mol. The number of rotatable bonds is 5. The molecule has 0 radical (unpaired) electrons. The van der Waals surface area contributed by atoms with Crippen molar-refractivity contribution >= 4 is 17.8 Å². The average Bonchev–Trinajstić information content (AvgIpc) is 3.41. The standard InChI is InChI=1S/C24H30N4O5.BrH/c29-22(24(31,20-8-5-15-32-20)18-6-2-1-3-7-18)33-19-16-28(13-10-17(19)11-14-28)23(30)26-21-9-4-12-25-27-21;/h4-5,8-9,12,15,17-19,31H,1-3,6-7,10-11,13-14,16H2;1H/t17?,19?,24-,28?;/m1./s1. The van der Waals surface area contributed by atoms with Crippen LogP contribution in [0.3, 0.4) is 0 Å². The fourth-order valence-corrected chi connectivity index (χ4v) is 5.86. The number of quaternary nitrogens is 1. The second-order valence-corrected chi connectivity index (χ2v) is 9.67. The first-order valence-corrected chi connectivity index (χ1v) is 11.9. The van der Waals surface area contributed by atoms with Crippen LogP contribution in [0, 0.1) is 11.8 Å². The van der Waals surface area contributed by atoms with Crippen LogP contribution < -0.4 is 22.3 Å². The molecule has 0 aromatic carbocycles. The van der Waals surface area contributed by atoms with Crippen molar-refractivity contribution in [2.75, 3.05) is 25.0 Å². The maximum absolute atomic E-state index is 13.5. The third-order valence-electron chi connectivity index (χ3n) is 7.81. The quantitative estimate of drug-likeness (QED) is 0.416. The van der Waals surface area contributed by atoms with Crippen molar-refractivity contribution in [1.29, 1.82) is 0 Å². The zero-order chi connectivity index (χ0) is 22.9. The number of esters is 1. The van der Waals surface area contributed by atoms with Gasteiger partial charge in [-0.1, -0.05) is 19.3 Å². The van der Waals surface area contributed by atoms with Crippen molar-refractivity contribution in [2.24, 2.45) is 11.8 Å². The highest BCUT2D eigenvalue weighted by molar-refractivity contribution is 5.83. The van der Waals surface area contributed by atoms with Gasteiger partial charge < -0.3 is 31.2 Å². The molecule has 6 rings (SSSR count). The number of hydrogen-bond acceptors (Lipinski definition) is 7. The molecule has 2 aromatic heterocycles. The molecule has 2 aromatic rings. The largest absolute Gasteiger partial charge is 1.00 e. The Morgan fingerprint density at radius 2 is 1.88 bits per heavy atom. The number of urea groups is 1. The summed E-state index contributed by atoms with van der Waals surface area (Å²) in [6.07, 6.45) is 8.71. The lowest BCUT2D eigenvalue weighted by atomic mass is 9.75. The van der Waals surface area contributed by atoms with Crippen LogP contribution in [0.2, 0.25) is 0 Å². The van der Waals surface area contributed by atoms with Gasteiger partial charge in [-0.2, -0.15) is 5.10 Å². The van der Waals surface area contributed by atoms with Crippen molar-refractivity contribution in [3.05, 3.63) is 42.5 Å². The van der Waals surface area contributed by atoms with E-state index in [1.807, 2.05) is 0 Å². The number of nitrogens with one attached hydrogen (secondary N) is 1. The third kappa shape index (κ3) is 4.50. The summed E-state index contributed by atoms with van der Waals surface area (Å²) in [5.74, 6) is -0.0687. The van der Waals surface area contributed by atoms with E-state index < -0.39 is 17.7 Å². The Morgan fingerprint density at radius 1 is 1.12 bits per heavy atom. The zero-order valence-electron chi connectivity index (χ0n) is 19.1. The molecule has 2 amide bonds. The number of hydrogen-bond donors (Lipinski definition) is 2. The van der Waals surface area contributed by atoms with E-state index in [1.165, 1.54) is 6.26 Å². The van der Waals surface area contributed by atoms with Gasteiger partial charge in [0.05, 0.1) is 19.4 Å². The Hall–Kier alpha value is -2.30. The average molecular weight is 535 g/mol. The molecule has 2 N–H and O–H groups in total. The van der Waals surface area contributed by atoms with E-state index in [2.05, 4.69) is 15.5 Å². The van der Waals surface area contributed by atoms with E-state index in [9.17, 15) is 14.7 Å². The van der Waals surface area contributed by atoms with E-state index in [0.29, 0.717) is 25.5 Å². The Balaban J connectivity index is 0.00000274. The van der Waals surface area contributed by atoms with E-state index in [0.717, 1.165) is 44.9 Å². The lowest BCUT2D eigenvalue weighted by molar-refractivity contribution is -0.869. The van der Waals surface area contributed by atoms with Gasteiger partial charge in [0.25, 0.3) is 0 Å². The molecule has 1 unspecified atom stereocenters. The van der Waals surface area contributed by atoms with Crippen LogP contribution in [0.5, 0.6) is 0 Å². The summed E-state index contributed by atoms with van der Waals surface area (Å²) in [5, 5.41) is 22.3. The SMILES string of the molecule is O=C(OC1C[N+]2(C(=O)Nc3cccnn3)CCC1CC2)[C@](O)(c1ccco1)C1CCCCC1.[Br-]. The number of carbonyl (C=O) groups excluding carboxylic acids is 2. The van der Waals surface area contributed by atoms with Crippen molar-refractivity contribution in [3.8, 4) is 0 Å². The maximum atomic E-state index is 13.5. The first-order valence-electron chi connectivity index (χ1n) is 11.9. The molecule has 2 bridgehead atoms. The normalized spacial score (nSPS) is 28.4. The summed E-state index contributed by atoms with van der Waals surface area (Å²) in [4.78, 5) is 26.7. The molecule has 9 nitrogen and oxygen atoms in total. The van der Waals surface area contributed by atoms with E-state index in [1.54, 1.807) is 30.5 Å². The van der Waals surface area contributed by atoms with Gasteiger partial charge in [0.15, 0.2) is 11.9 Å². The molecular weight excluding hydrogens is 504 g/mol. The van der Waals surface area contributed by atoms with Crippen LogP contribution in [-0.4, -0.2) is 57.5 Å². The summed E-state index contributed by atoms with van der Waals surface area (Å²) in [5.41, 5.74) is -1.80. The minimum Gasteiger partial charge on any atom is -1.00 e. The van der Waals surface area contributed by atoms with Gasteiger partial charge in [-0.15, -0.1) is 5.10 Å². The topological polar surface area (TPSA) is 115 Å². The highest BCUT2D eigenvalue weighted by Gasteiger charge is 2.55. The predicted octanol–water partition coefficient (Wildman–Crippen LogP) is 0.226. The van der Waals surface area contributed by atoms with E-state index in [4.69, 9.17) is 9.15 Å². The highest BCUT2D eigenvalue weighted by Crippen LogP contribution is 2.42. The number of furan rings is 1. The number of aromatic nitrogens is 2. The van der Waals surface area contributed by atoms with Gasteiger partial charge in [0, 0.05) is 30.9 Å². The lowest BCUT2D eigenvalue weighted by Gasteiger charge is -2.49. The van der Waals surface area contributed by atoms with Gasteiger partial charge in [0.1, 0.15) is 12.3 Å². The molecule has 3 aliphatic heterocycles. The van der Waals surface area contributed by atoms with Gasteiger partial charge in [-0.25, -0.2) is 14.1 Å². The summed E-state index contributed by atoms with van der Waals surface area (Å²) in [6, 6.07) is 6.58. The molecule has 1 aliphatic carbocycles. The number of piperidine rings is 3. The van der Waals surface area contributed by atoms with Crippen molar-refractivity contribution in [2.45, 2.75) is 56.7 Å². The first kappa shape index (κ1) is 24.8. The number of anilines is 1. The van der Waals surface area contributed by atoms with Crippen LogP contribution >= 0.6 is 0 Å². The maximum Gasteiger partial charge on any atom is 0.422 e. The third-order valence-corrected chi connectivity index (χ3v) is 7.81. The molecule has 5 heterocycles. The summed E-state index contributed by atoms with van der Waals surface area (Å²) in [6.45, 7) is 1.77. The number of halogens is 1. The minimum atomic E-state index is -1.80.